The highest BCUT2D eigenvalue weighted by molar-refractivity contribution is 6.74. The van der Waals surface area contributed by atoms with E-state index >= 15 is 0 Å². The molecule has 68 heavy (non-hydrogen) atoms. The molecule has 0 bridgehead atoms. The number of nitrogens with zero attached hydrogens (tertiary/aromatic N) is 1. The summed E-state index contributed by atoms with van der Waals surface area (Å²) < 4.78 is 16.6. The van der Waals surface area contributed by atoms with Crippen molar-refractivity contribution in [2.24, 2.45) is 0 Å². The van der Waals surface area contributed by atoms with Crippen molar-refractivity contribution in [3.05, 3.63) is 161 Å². The van der Waals surface area contributed by atoms with Crippen LogP contribution in [0.4, 0.5) is 11.4 Å². The normalized spacial score (nSPS) is 16.4. The zero-order valence-electron chi connectivity index (χ0n) is 40.5. The Bertz CT molecular complexity index is 4030. The van der Waals surface area contributed by atoms with Crippen LogP contribution in [-0.2, 0) is 21.7 Å². The van der Waals surface area contributed by atoms with E-state index in [2.05, 4.69) is 213 Å². The molecule has 1 N–H and O–H groups in total. The Hall–Kier alpha value is -6.98. The summed E-state index contributed by atoms with van der Waals surface area (Å²) in [6.45, 7) is 21.4. The molecule has 4 heterocycles. The van der Waals surface area contributed by atoms with Crippen molar-refractivity contribution in [1.82, 2.24) is 4.57 Å². The van der Waals surface area contributed by atoms with Crippen molar-refractivity contribution >= 4 is 95.3 Å². The Morgan fingerprint density at radius 3 is 1.99 bits per heavy atom. The first kappa shape index (κ1) is 40.1. The van der Waals surface area contributed by atoms with Gasteiger partial charge in [0.05, 0.1) is 16.4 Å². The molecule has 0 amide bonds. The number of fused-ring (bicyclic) bond motifs is 16. The summed E-state index contributed by atoms with van der Waals surface area (Å²) >= 11 is 0. The molecule has 0 spiro atoms. The summed E-state index contributed by atoms with van der Waals surface area (Å²) in [5.74, 6) is 0. The molecule has 11 aromatic rings. The van der Waals surface area contributed by atoms with Gasteiger partial charge >= 0.3 is 0 Å². The fraction of sp³-hybridized carbons (Fsp3) is 0.238. The van der Waals surface area contributed by atoms with E-state index in [1.165, 1.54) is 71.8 Å². The summed E-state index contributed by atoms with van der Waals surface area (Å²) in [6.07, 6.45) is 2.28. The number of furan rings is 2. The number of hydrogen-bond acceptors (Lipinski definition) is 3. The molecule has 5 heteroatoms. The average molecular weight is 882 g/mol. The summed E-state index contributed by atoms with van der Waals surface area (Å²) in [6, 6.07) is 49.9. The van der Waals surface area contributed by atoms with E-state index in [4.69, 9.17) is 8.83 Å². The molecule has 0 saturated carbocycles. The van der Waals surface area contributed by atoms with Gasteiger partial charge in [0, 0.05) is 55.0 Å². The van der Waals surface area contributed by atoms with Gasteiger partial charge in [-0.15, -0.1) is 0 Å². The Balaban J connectivity index is 1.16. The first-order valence-corrected chi connectivity index (χ1v) is 24.5. The molecule has 3 aliphatic rings. The van der Waals surface area contributed by atoms with Crippen LogP contribution in [-0.4, -0.2) is 11.8 Å². The van der Waals surface area contributed by atoms with Crippen LogP contribution in [0.2, 0.25) is 0 Å². The number of anilines is 2. The zero-order valence-corrected chi connectivity index (χ0v) is 40.5. The van der Waals surface area contributed by atoms with Crippen LogP contribution in [0.1, 0.15) is 103 Å². The molecule has 14 rings (SSSR count). The van der Waals surface area contributed by atoms with Gasteiger partial charge in [-0.25, -0.2) is 0 Å². The maximum Gasteiger partial charge on any atom is 0.198 e. The largest absolute Gasteiger partial charge is 0.456 e. The minimum absolute atomic E-state index is 0.0211. The van der Waals surface area contributed by atoms with E-state index < -0.39 is 0 Å². The van der Waals surface area contributed by atoms with Gasteiger partial charge in [-0.2, -0.15) is 0 Å². The van der Waals surface area contributed by atoms with Crippen LogP contribution in [0.15, 0.2) is 142 Å². The van der Waals surface area contributed by atoms with Gasteiger partial charge in [-0.1, -0.05) is 141 Å². The third-order valence-electron chi connectivity index (χ3n) is 16.6. The molecule has 1 aliphatic heterocycles. The van der Waals surface area contributed by atoms with Gasteiger partial charge < -0.3 is 18.7 Å². The SMILES string of the molecule is CC(C)(C)c1ccc(Nc2cc3c(cc2-c2c4c5c(c6cc7c(cc6n5-c5cc6c(cc5[B]4)oc4ccccc46)C(C)(C)CCC7(C)C)c4oc5ccccc5c24)C(C)(C)c2ccccc2-3)cc1. The molecule has 8 aromatic carbocycles. The lowest BCUT2D eigenvalue weighted by Gasteiger charge is -2.42. The summed E-state index contributed by atoms with van der Waals surface area (Å²) in [4.78, 5) is 0. The molecule has 2 aliphatic carbocycles. The number of para-hydroxylation sites is 2. The summed E-state index contributed by atoms with van der Waals surface area (Å²) in [7, 11) is 2.46. The van der Waals surface area contributed by atoms with Gasteiger partial charge in [-0.05, 0) is 140 Å². The monoisotopic (exact) mass is 881 g/mol. The van der Waals surface area contributed by atoms with Gasteiger partial charge in [-0.3, -0.25) is 0 Å². The Morgan fingerprint density at radius 2 is 1.24 bits per heavy atom. The van der Waals surface area contributed by atoms with Crippen molar-refractivity contribution in [2.45, 2.75) is 96.8 Å². The maximum atomic E-state index is 7.34. The quantitative estimate of drug-likeness (QED) is 0.180. The predicted molar refractivity (Wildman–Crippen MR) is 287 cm³/mol. The van der Waals surface area contributed by atoms with Crippen molar-refractivity contribution in [2.75, 3.05) is 5.32 Å². The van der Waals surface area contributed by atoms with E-state index in [9.17, 15) is 0 Å². The maximum absolute atomic E-state index is 7.34. The van der Waals surface area contributed by atoms with E-state index in [0.29, 0.717) is 0 Å². The molecular formula is C63H54BN2O2. The second-order valence-electron chi connectivity index (χ2n) is 23.0. The molecule has 1 radical (unpaired) electrons. The number of aromatic nitrogens is 1. The zero-order chi connectivity index (χ0) is 46.4. The first-order valence-electron chi connectivity index (χ1n) is 24.5. The molecule has 0 fully saturated rings. The van der Waals surface area contributed by atoms with Crippen LogP contribution >= 0.6 is 0 Å². The Labute approximate surface area is 398 Å². The molecule has 0 saturated heterocycles. The fourth-order valence-electron chi connectivity index (χ4n) is 12.7. The number of benzene rings is 8. The topological polar surface area (TPSA) is 43.2 Å². The van der Waals surface area contributed by atoms with Gasteiger partial charge in [0.1, 0.15) is 22.3 Å². The number of rotatable bonds is 3. The lowest BCUT2D eigenvalue weighted by molar-refractivity contribution is 0.332. The third kappa shape index (κ3) is 5.33. The third-order valence-corrected chi connectivity index (χ3v) is 16.6. The van der Waals surface area contributed by atoms with Crippen molar-refractivity contribution < 1.29 is 8.83 Å². The van der Waals surface area contributed by atoms with Crippen LogP contribution in [0.25, 0.3) is 93.6 Å². The van der Waals surface area contributed by atoms with Gasteiger partial charge in [0.2, 0.25) is 0 Å². The number of hydrogen-bond donors (Lipinski definition) is 1. The Kier molecular flexibility index (Phi) is 7.77. The van der Waals surface area contributed by atoms with E-state index in [1.54, 1.807) is 0 Å². The lowest BCUT2D eigenvalue weighted by atomic mass is 9.58. The van der Waals surface area contributed by atoms with E-state index in [0.717, 1.165) is 84.8 Å². The predicted octanol–water partition coefficient (Wildman–Crippen LogP) is 15.9. The standard InChI is InChI=1S/C63H54BN2O2/c1-60(2,3)34-22-24-35(25-23-34)65-48-30-39-36-16-10-13-19-43(36)63(8,9)44(39)28-41(48)54-55-38-18-12-15-21-52(38)68-59(55)56-42-29-45-46(62(6,7)27-26-61(45,4)5)32-49(42)66-50-31-40-37-17-11-14-20-51(37)67-53(40)33-47(50)64-57(54)58(56)66/h10-25,28-33,65H,26-27H2,1-9H3. The van der Waals surface area contributed by atoms with E-state index in [-0.39, 0.29) is 21.7 Å². The first-order chi connectivity index (χ1) is 32.6. The summed E-state index contributed by atoms with van der Waals surface area (Å²) in [5.41, 5.74) is 23.3. The minimum Gasteiger partial charge on any atom is -0.456 e. The molecule has 0 unspecified atom stereocenters. The second kappa shape index (κ2) is 13.2. The van der Waals surface area contributed by atoms with Crippen LogP contribution in [0.5, 0.6) is 0 Å². The Morgan fingerprint density at radius 1 is 0.559 bits per heavy atom. The van der Waals surface area contributed by atoms with E-state index in [1.807, 2.05) is 0 Å². The van der Waals surface area contributed by atoms with Crippen molar-refractivity contribution in [1.29, 1.82) is 0 Å². The smallest absolute Gasteiger partial charge is 0.198 e. The molecule has 4 nitrogen and oxygen atoms in total. The molecule has 0 atom stereocenters. The van der Waals surface area contributed by atoms with Gasteiger partial charge in [0.25, 0.3) is 0 Å². The molecular weight excluding hydrogens is 828 g/mol. The second-order valence-corrected chi connectivity index (χ2v) is 23.0. The fourth-order valence-corrected chi connectivity index (χ4v) is 12.7. The molecule has 331 valence electrons. The number of nitrogens with one attached hydrogen (secondary N) is 1. The highest BCUT2D eigenvalue weighted by Crippen LogP contribution is 2.55. The molecule has 3 aromatic heterocycles. The van der Waals surface area contributed by atoms with Crippen LogP contribution < -0.4 is 16.2 Å². The average Bonchev–Trinajstić information content (AvgIpc) is 4.04. The lowest BCUT2D eigenvalue weighted by Crippen LogP contribution is -2.37. The summed E-state index contributed by atoms with van der Waals surface area (Å²) in [5, 5.41) is 11.0. The highest BCUT2D eigenvalue weighted by Gasteiger charge is 2.41. The van der Waals surface area contributed by atoms with Crippen molar-refractivity contribution in [3.63, 3.8) is 0 Å². The van der Waals surface area contributed by atoms with Crippen LogP contribution in [0, 0.1) is 0 Å². The minimum atomic E-state index is -0.219. The highest BCUT2D eigenvalue weighted by atomic mass is 16.3. The van der Waals surface area contributed by atoms with Crippen molar-refractivity contribution in [3.8, 4) is 27.9 Å². The van der Waals surface area contributed by atoms with Gasteiger partial charge in [0.15, 0.2) is 7.28 Å². The van der Waals surface area contributed by atoms with Crippen LogP contribution in [0.3, 0.4) is 0 Å².